The van der Waals surface area contributed by atoms with E-state index < -0.39 is 5.91 Å². The maximum Gasteiger partial charge on any atom is 0.271 e. The van der Waals surface area contributed by atoms with Crippen LogP contribution in [0.4, 0.5) is 5.69 Å². The van der Waals surface area contributed by atoms with Crippen molar-refractivity contribution in [2.45, 2.75) is 6.54 Å². The number of rotatable bonds is 5. The molecule has 0 spiro atoms. The highest BCUT2D eigenvalue weighted by Gasteiger charge is 2.29. The molecule has 0 fully saturated rings. The second-order valence-corrected chi connectivity index (χ2v) is 7.68. The Morgan fingerprint density at radius 1 is 0.939 bits per heavy atom. The number of nitrogens with one attached hydrogen (secondary N) is 1. The molecule has 7 heteroatoms. The minimum Gasteiger partial charge on any atom is -0.504 e. The van der Waals surface area contributed by atoms with E-state index in [4.69, 9.17) is 0 Å². The van der Waals surface area contributed by atoms with Crippen LogP contribution in [0.25, 0.3) is 10.8 Å². The number of phenols is 2. The quantitative estimate of drug-likeness (QED) is 0.248. The van der Waals surface area contributed by atoms with Crippen LogP contribution >= 0.6 is 0 Å². The summed E-state index contributed by atoms with van der Waals surface area (Å²) in [4.78, 5) is 27.1. The summed E-state index contributed by atoms with van der Waals surface area (Å²) >= 11 is 0. The Bertz CT molecular complexity index is 1420. The van der Waals surface area contributed by atoms with Gasteiger partial charge in [-0.3, -0.25) is 9.59 Å². The summed E-state index contributed by atoms with van der Waals surface area (Å²) in [7, 11) is 0. The van der Waals surface area contributed by atoms with Gasteiger partial charge >= 0.3 is 0 Å². The number of benzene rings is 4. The van der Waals surface area contributed by atoms with Crippen LogP contribution in [0.15, 0.2) is 84.0 Å². The summed E-state index contributed by atoms with van der Waals surface area (Å²) in [5, 5.41) is 25.1. The molecule has 0 aromatic heterocycles. The topological polar surface area (TPSA) is 102 Å². The normalized spacial score (nSPS) is 12.6. The molecule has 0 saturated heterocycles. The van der Waals surface area contributed by atoms with Crippen molar-refractivity contribution in [3.63, 3.8) is 0 Å². The van der Waals surface area contributed by atoms with Gasteiger partial charge in [0.15, 0.2) is 11.5 Å². The van der Waals surface area contributed by atoms with Crippen molar-refractivity contribution in [2.75, 3.05) is 4.90 Å². The Kier molecular flexibility index (Phi) is 4.99. The van der Waals surface area contributed by atoms with Crippen molar-refractivity contribution in [1.29, 1.82) is 0 Å². The van der Waals surface area contributed by atoms with Crippen LogP contribution < -0.4 is 10.3 Å². The van der Waals surface area contributed by atoms with Crippen molar-refractivity contribution in [1.82, 2.24) is 5.43 Å². The number of phenolic OH excluding ortho intramolecular Hbond substituents is 2. The molecular weight excluding hydrogens is 418 g/mol. The maximum atomic E-state index is 12.9. The van der Waals surface area contributed by atoms with Gasteiger partial charge in [-0.05, 0) is 47.3 Å². The zero-order valence-electron chi connectivity index (χ0n) is 17.4. The molecule has 7 nitrogen and oxygen atoms in total. The largest absolute Gasteiger partial charge is 0.504 e. The van der Waals surface area contributed by atoms with Gasteiger partial charge in [0.1, 0.15) is 0 Å². The minimum atomic E-state index is -0.424. The first-order valence-electron chi connectivity index (χ1n) is 10.3. The Hall–Kier alpha value is -4.65. The predicted octanol–water partition coefficient (Wildman–Crippen LogP) is 4.18. The van der Waals surface area contributed by atoms with E-state index in [1.807, 2.05) is 36.4 Å². The summed E-state index contributed by atoms with van der Waals surface area (Å²) in [5.41, 5.74) is 5.54. The number of amides is 2. The van der Waals surface area contributed by atoms with Crippen LogP contribution in [0, 0.1) is 0 Å². The third-order valence-corrected chi connectivity index (χ3v) is 5.62. The van der Waals surface area contributed by atoms with Crippen molar-refractivity contribution in [3.8, 4) is 11.5 Å². The van der Waals surface area contributed by atoms with Crippen LogP contribution in [0.2, 0.25) is 0 Å². The zero-order chi connectivity index (χ0) is 22.9. The van der Waals surface area contributed by atoms with E-state index in [1.54, 1.807) is 41.3 Å². The van der Waals surface area contributed by atoms with Crippen LogP contribution in [0.1, 0.15) is 31.8 Å². The first-order valence-corrected chi connectivity index (χ1v) is 10.3. The van der Waals surface area contributed by atoms with Crippen LogP contribution in [-0.4, -0.2) is 28.2 Å². The van der Waals surface area contributed by atoms with Crippen LogP contribution in [-0.2, 0) is 6.54 Å². The molecule has 5 rings (SSSR count). The molecule has 0 saturated carbocycles. The van der Waals surface area contributed by atoms with Gasteiger partial charge in [0.25, 0.3) is 11.8 Å². The lowest BCUT2D eigenvalue weighted by Gasteiger charge is -2.18. The molecule has 4 aromatic rings. The standard InChI is InChI=1S/C26H19N3O4/c30-22-9-3-6-19(24(22)31)14-27-28-25(32)18-12-10-16(11-13-18)15-29-21-8-2-5-17-4-1-7-20(23(17)21)26(29)33/h1-14,30-31H,15H2,(H,28,32). The van der Waals surface area contributed by atoms with Crippen molar-refractivity contribution >= 4 is 34.5 Å². The molecule has 162 valence electrons. The maximum absolute atomic E-state index is 12.9. The molecule has 3 N–H and O–H groups in total. The lowest BCUT2D eigenvalue weighted by Crippen LogP contribution is -2.26. The number of hydrazone groups is 1. The van der Waals surface area contributed by atoms with Gasteiger partial charge in [0.2, 0.25) is 0 Å². The van der Waals surface area contributed by atoms with Crippen molar-refractivity contribution in [3.05, 3.63) is 101 Å². The minimum absolute atomic E-state index is 0.0341. The summed E-state index contributed by atoms with van der Waals surface area (Å²) in [6.07, 6.45) is 1.25. The van der Waals surface area contributed by atoms with Gasteiger partial charge in [-0.25, -0.2) is 5.43 Å². The molecule has 1 heterocycles. The first kappa shape index (κ1) is 20.3. The number of carbonyl (C=O) groups is 2. The highest BCUT2D eigenvalue weighted by Crippen LogP contribution is 2.38. The molecule has 1 aliphatic heterocycles. The number of nitrogens with zero attached hydrogens (tertiary/aromatic N) is 2. The predicted molar refractivity (Wildman–Crippen MR) is 126 cm³/mol. The van der Waals surface area contributed by atoms with E-state index in [2.05, 4.69) is 10.5 Å². The SMILES string of the molecule is O=C(NN=Cc1cccc(O)c1O)c1ccc(CN2C(=O)c3cccc4cccc2c34)cc1. The second-order valence-electron chi connectivity index (χ2n) is 7.68. The third kappa shape index (κ3) is 3.65. The zero-order valence-corrected chi connectivity index (χ0v) is 17.4. The van der Waals surface area contributed by atoms with E-state index in [-0.39, 0.29) is 23.0 Å². The van der Waals surface area contributed by atoms with Crippen LogP contribution in [0.5, 0.6) is 11.5 Å². The van der Waals surface area contributed by atoms with Crippen LogP contribution in [0.3, 0.4) is 0 Å². The lowest BCUT2D eigenvalue weighted by atomic mass is 10.1. The third-order valence-electron chi connectivity index (χ3n) is 5.62. The molecule has 0 aliphatic carbocycles. The molecule has 0 radical (unpaired) electrons. The highest BCUT2D eigenvalue weighted by atomic mass is 16.3. The summed E-state index contributed by atoms with van der Waals surface area (Å²) < 4.78 is 0. The van der Waals surface area contributed by atoms with E-state index in [1.165, 1.54) is 12.3 Å². The van der Waals surface area contributed by atoms with E-state index in [9.17, 15) is 19.8 Å². The summed E-state index contributed by atoms with van der Waals surface area (Å²) in [6.45, 7) is 0.392. The van der Waals surface area contributed by atoms with Gasteiger partial charge in [-0.2, -0.15) is 5.10 Å². The summed E-state index contributed by atoms with van der Waals surface area (Å²) in [6, 6.07) is 23.0. The first-order chi connectivity index (χ1) is 16.0. The molecule has 4 aromatic carbocycles. The average Bonchev–Trinajstić information content (AvgIpc) is 3.10. The fourth-order valence-electron chi connectivity index (χ4n) is 3.96. The van der Waals surface area contributed by atoms with E-state index in [0.29, 0.717) is 17.7 Å². The molecular formula is C26H19N3O4. The van der Waals surface area contributed by atoms with E-state index >= 15 is 0 Å². The molecule has 0 bridgehead atoms. The molecule has 0 atom stereocenters. The number of para-hydroxylation sites is 1. The Morgan fingerprint density at radius 3 is 2.45 bits per heavy atom. The fourth-order valence-corrected chi connectivity index (χ4v) is 3.96. The Morgan fingerprint density at radius 2 is 1.67 bits per heavy atom. The molecule has 1 aliphatic rings. The van der Waals surface area contributed by atoms with Gasteiger partial charge in [0, 0.05) is 22.1 Å². The molecule has 0 unspecified atom stereocenters. The lowest BCUT2D eigenvalue weighted by molar-refractivity contribution is 0.0953. The van der Waals surface area contributed by atoms with Gasteiger partial charge in [-0.15, -0.1) is 0 Å². The van der Waals surface area contributed by atoms with Crippen molar-refractivity contribution < 1.29 is 19.8 Å². The second kappa shape index (κ2) is 8.12. The molecule has 2 amide bonds. The number of anilines is 1. The Balaban J connectivity index is 1.28. The van der Waals surface area contributed by atoms with Crippen molar-refractivity contribution in [2.24, 2.45) is 5.10 Å². The van der Waals surface area contributed by atoms with E-state index in [0.717, 1.165) is 22.0 Å². The number of carbonyl (C=O) groups excluding carboxylic acids is 2. The Labute approximate surface area is 189 Å². The van der Waals surface area contributed by atoms with Gasteiger partial charge < -0.3 is 15.1 Å². The van der Waals surface area contributed by atoms with Gasteiger partial charge in [-0.1, -0.05) is 42.5 Å². The molecule has 33 heavy (non-hydrogen) atoms. The number of hydrogen-bond donors (Lipinski definition) is 3. The number of aromatic hydroxyl groups is 2. The fraction of sp³-hybridized carbons (Fsp3) is 0.0385. The smallest absolute Gasteiger partial charge is 0.271 e. The van der Waals surface area contributed by atoms with Gasteiger partial charge in [0.05, 0.1) is 18.4 Å². The highest BCUT2D eigenvalue weighted by molar-refractivity contribution is 6.24. The monoisotopic (exact) mass is 437 g/mol. The summed E-state index contributed by atoms with van der Waals surface area (Å²) in [5.74, 6) is -1.04. The number of hydrogen-bond acceptors (Lipinski definition) is 5. The average molecular weight is 437 g/mol.